The van der Waals surface area contributed by atoms with E-state index in [1.807, 2.05) is 37.3 Å². The predicted molar refractivity (Wildman–Crippen MR) is 157 cm³/mol. The summed E-state index contributed by atoms with van der Waals surface area (Å²) in [5.41, 5.74) is -1.12. The number of esters is 1. The van der Waals surface area contributed by atoms with Crippen molar-refractivity contribution in [3.63, 3.8) is 0 Å². The van der Waals surface area contributed by atoms with Gasteiger partial charge in [0, 0.05) is 13.1 Å². The Hall–Kier alpha value is -2.97. The maximum Gasteiger partial charge on any atom is 0.312 e. The summed E-state index contributed by atoms with van der Waals surface area (Å²) in [5, 5.41) is 10.6. The molecular formula is C33H46N2O6. The minimum Gasteiger partial charge on any atom is -0.465 e. The zero-order chi connectivity index (χ0) is 29.6. The van der Waals surface area contributed by atoms with Crippen LogP contribution in [0.2, 0.25) is 0 Å². The Labute approximate surface area is 244 Å². The molecule has 6 atom stereocenters. The Balaban J connectivity index is 1.73. The fourth-order valence-corrected chi connectivity index (χ4v) is 7.19. The third-order valence-electron chi connectivity index (χ3n) is 9.11. The van der Waals surface area contributed by atoms with Gasteiger partial charge >= 0.3 is 5.97 Å². The molecule has 0 saturated carbocycles. The average Bonchev–Trinajstić information content (AvgIpc) is 3.54. The number of amides is 2. The smallest absolute Gasteiger partial charge is 0.312 e. The van der Waals surface area contributed by atoms with Crippen LogP contribution in [0.15, 0.2) is 55.6 Å². The van der Waals surface area contributed by atoms with Gasteiger partial charge in [0.05, 0.1) is 30.8 Å². The minimum absolute atomic E-state index is 0.215. The lowest BCUT2D eigenvalue weighted by molar-refractivity contribution is -0.162. The van der Waals surface area contributed by atoms with Crippen LogP contribution in [0.4, 0.5) is 0 Å². The molecule has 3 saturated heterocycles. The number of aliphatic hydroxyl groups excluding tert-OH is 1. The topological polar surface area (TPSA) is 96.4 Å². The van der Waals surface area contributed by atoms with Gasteiger partial charge in [0.15, 0.2) is 0 Å². The van der Waals surface area contributed by atoms with Crippen molar-refractivity contribution in [3.8, 4) is 0 Å². The number of hydrogen-bond donors (Lipinski definition) is 1. The number of hydrogen-bond acceptors (Lipinski definition) is 6. The van der Waals surface area contributed by atoms with E-state index in [4.69, 9.17) is 9.47 Å². The summed E-state index contributed by atoms with van der Waals surface area (Å²) in [6, 6.07) is 8.02. The van der Waals surface area contributed by atoms with Gasteiger partial charge in [-0.15, -0.1) is 13.2 Å². The van der Waals surface area contributed by atoms with Gasteiger partial charge in [-0.2, -0.15) is 0 Å². The molecule has 2 amide bonds. The molecule has 0 radical (unpaired) electrons. The molecule has 224 valence electrons. The van der Waals surface area contributed by atoms with E-state index < -0.39 is 41.1 Å². The summed E-state index contributed by atoms with van der Waals surface area (Å²) in [4.78, 5) is 45.8. The molecule has 1 N–H and O–H groups in total. The molecule has 3 aliphatic rings. The van der Waals surface area contributed by atoms with E-state index in [1.165, 1.54) is 0 Å². The lowest BCUT2D eigenvalue weighted by Gasteiger charge is -2.39. The summed E-state index contributed by atoms with van der Waals surface area (Å²) in [5.74, 6) is -2.67. The molecule has 1 aromatic carbocycles. The molecule has 2 bridgehead atoms. The van der Waals surface area contributed by atoms with Crippen LogP contribution in [0.5, 0.6) is 0 Å². The predicted octanol–water partition coefficient (Wildman–Crippen LogP) is 4.07. The molecule has 1 spiro atoms. The number of likely N-dealkylation sites (tertiary alicyclic amines) is 1. The van der Waals surface area contributed by atoms with Gasteiger partial charge in [0.2, 0.25) is 11.8 Å². The molecule has 8 nitrogen and oxygen atoms in total. The Bertz CT molecular complexity index is 1110. The molecule has 3 heterocycles. The van der Waals surface area contributed by atoms with Crippen molar-refractivity contribution in [1.29, 1.82) is 0 Å². The number of fused-ring (bicyclic) bond motifs is 1. The summed E-state index contributed by atoms with van der Waals surface area (Å²) >= 11 is 0. The molecule has 8 heteroatoms. The Morgan fingerprint density at radius 1 is 1.20 bits per heavy atom. The van der Waals surface area contributed by atoms with E-state index in [0.717, 1.165) is 31.2 Å². The van der Waals surface area contributed by atoms with E-state index in [9.17, 15) is 19.5 Å². The van der Waals surface area contributed by atoms with E-state index >= 15 is 0 Å². The fourth-order valence-electron chi connectivity index (χ4n) is 7.19. The van der Waals surface area contributed by atoms with Crippen LogP contribution < -0.4 is 0 Å². The van der Waals surface area contributed by atoms with Crippen molar-refractivity contribution in [2.75, 3.05) is 26.3 Å². The van der Waals surface area contributed by atoms with E-state index in [2.05, 4.69) is 20.1 Å². The van der Waals surface area contributed by atoms with Gasteiger partial charge in [0.25, 0.3) is 0 Å². The Morgan fingerprint density at radius 2 is 1.95 bits per heavy atom. The van der Waals surface area contributed by atoms with Crippen molar-refractivity contribution in [2.24, 2.45) is 11.8 Å². The van der Waals surface area contributed by atoms with Gasteiger partial charge in [0.1, 0.15) is 17.6 Å². The highest BCUT2D eigenvalue weighted by atomic mass is 16.6. The van der Waals surface area contributed by atoms with Gasteiger partial charge in [-0.1, -0.05) is 62.2 Å². The highest BCUT2D eigenvalue weighted by Gasteiger charge is 2.79. The van der Waals surface area contributed by atoms with Crippen LogP contribution in [0.25, 0.3) is 0 Å². The normalized spacial score (nSPS) is 28.8. The zero-order valence-corrected chi connectivity index (χ0v) is 24.6. The number of ether oxygens (including phenoxy) is 2. The van der Waals surface area contributed by atoms with E-state index in [0.29, 0.717) is 38.8 Å². The lowest BCUT2D eigenvalue weighted by atomic mass is 9.66. The highest BCUT2D eigenvalue weighted by molar-refractivity contribution is 5.98. The summed E-state index contributed by atoms with van der Waals surface area (Å²) < 4.78 is 12.4. The number of rotatable bonds is 16. The second-order valence-electron chi connectivity index (χ2n) is 11.9. The van der Waals surface area contributed by atoms with Crippen LogP contribution in [-0.4, -0.2) is 82.3 Å². The van der Waals surface area contributed by atoms with Crippen molar-refractivity contribution >= 4 is 17.8 Å². The number of carbonyl (C=O) groups excluding carboxylic acids is 3. The SMILES string of the molecule is C=CCCCOC(=O)[C@@H]1[C@H]2C(=O)N([C@@H](CO)Cc3ccccc3)C(C(=O)N(CC=C)CCCCC)C23CC[C@@]1(C)O3. The fraction of sp³-hybridized carbons (Fsp3) is 0.606. The highest BCUT2D eigenvalue weighted by Crippen LogP contribution is 2.63. The number of benzene rings is 1. The minimum atomic E-state index is -1.16. The van der Waals surface area contributed by atoms with Gasteiger partial charge < -0.3 is 24.4 Å². The molecule has 3 aliphatic heterocycles. The number of carbonyl (C=O) groups is 3. The van der Waals surface area contributed by atoms with Crippen molar-refractivity contribution in [1.82, 2.24) is 9.80 Å². The number of allylic oxidation sites excluding steroid dienone is 1. The average molecular weight is 567 g/mol. The van der Waals surface area contributed by atoms with E-state index in [1.54, 1.807) is 22.0 Å². The molecule has 0 aliphatic carbocycles. The van der Waals surface area contributed by atoms with Crippen LogP contribution in [0.3, 0.4) is 0 Å². The van der Waals surface area contributed by atoms with Gasteiger partial charge in [-0.05, 0) is 51.0 Å². The molecule has 1 aromatic rings. The second kappa shape index (κ2) is 13.3. The largest absolute Gasteiger partial charge is 0.465 e. The first-order chi connectivity index (χ1) is 19.8. The van der Waals surface area contributed by atoms with Crippen molar-refractivity contribution in [2.45, 2.75) is 88.5 Å². The van der Waals surface area contributed by atoms with Crippen LogP contribution in [-0.2, 0) is 30.3 Å². The van der Waals surface area contributed by atoms with Crippen molar-refractivity contribution in [3.05, 3.63) is 61.2 Å². The quantitative estimate of drug-likeness (QED) is 0.184. The molecule has 3 fully saturated rings. The van der Waals surface area contributed by atoms with Crippen LogP contribution in [0.1, 0.15) is 64.4 Å². The summed E-state index contributed by atoms with van der Waals surface area (Å²) in [6.07, 6.45) is 9.06. The Kier molecular flexibility index (Phi) is 10.1. The molecule has 2 unspecified atom stereocenters. The Morgan fingerprint density at radius 3 is 2.61 bits per heavy atom. The number of nitrogens with zero attached hydrogens (tertiary/aromatic N) is 2. The lowest BCUT2D eigenvalue weighted by Crippen LogP contribution is -2.59. The number of unbranched alkanes of at least 4 members (excludes halogenated alkanes) is 3. The third-order valence-corrected chi connectivity index (χ3v) is 9.11. The van der Waals surface area contributed by atoms with Gasteiger partial charge in [-0.25, -0.2) is 0 Å². The second-order valence-corrected chi connectivity index (χ2v) is 11.9. The molecular weight excluding hydrogens is 520 g/mol. The summed E-state index contributed by atoms with van der Waals surface area (Å²) in [7, 11) is 0. The maximum absolute atomic E-state index is 14.5. The first kappa shape index (κ1) is 31.0. The third kappa shape index (κ3) is 5.86. The molecule has 4 rings (SSSR count). The summed E-state index contributed by atoms with van der Waals surface area (Å²) in [6.45, 7) is 12.3. The first-order valence-corrected chi connectivity index (χ1v) is 15.1. The standard InChI is InChI=1S/C33H46N2O6/c1-5-8-13-20-34(19-7-3)30(38)28-33-18-17-32(4,41-33)27(31(39)40-21-14-9-6-2)26(33)29(37)35(28)25(23-36)22-24-15-11-10-12-16-24/h6-7,10-12,15-16,25-28,36H,2-3,5,8-9,13-14,17-23H2,1,4H3/t25-,26+,27+,28?,32-,33?/m1/s1. The zero-order valence-electron chi connectivity index (χ0n) is 24.6. The molecule has 0 aromatic heterocycles. The van der Waals surface area contributed by atoms with Crippen LogP contribution in [0, 0.1) is 11.8 Å². The monoisotopic (exact) mass is 566 g/mol. The van der Waals surface area contributed by atoms with E-state index in [-0.39, 0.29) is 25.0 Å². The first-order valence-electron chi connectivity index (χ1n) is 15.1. The molecule has 41 heavy (non-hydrogen) atoms. The van der Waals surface area contributed by atoms with Crippen LogP contribution >= 0.6 is 0 Å². The van der Waals surface area contributed by atoms with Crippen molar-refractivity contribution < 1.29 is 29.0 Å². The van der Waals surface area contributed by atoms with Gasteiger partial charge in [-0.3, -0.25) is 14.4 Å². The number of aliphatic hydroxyl groups is 1. The maximum atomic E-state index is 14.5.